The van der Waals surface area contributed by atoms with Gasteiger partial charge in [-0.15, -0.1) is 0 Å². The minimum atomic E-state index is -1.15. The number of carbonyl (C=O) groups excluding carboxylic acids is 2. The largest absolute Gasteiger partial charge is 0.480 e. The molecular formula is C22H24N2O5. The molecule has 1 aliphatic rings. The van der Waals surface area contributed by atoms with Crippen LogP contribution in [0.2, 0.25) is 0 Å². The molecule has 2 amide bonds. The van der Waals surface area contributed by atoms with Gasteiger partial charge in [0.25, 0.3) is 0 Å². The van der Waals surface area contributed by atoms with Crippen molar-refractivity contribution in [2.45, 2.75) is 25.3 Å². The van der Waals surface area contributed by atoms with Gasteiger partial charge in [0.15, 0.2) is 0 Å². The molecule has 0 radical (unpaired) electrons. The Hall–Kier alpha value is -3.35. The first-order valence-electron chi connectivity index (χ1n) is 9.45. The van der Waals surface area contributed by atoms with E-state index in [9.17, 15) is 19.5 Å². The molecule has 0 fully saturated rings. The van der Waals surface area contributed by atoms with Crippen LogP contribution in [0, 0.1) is 0 Å². The number of hydrogen-bond donors (Lipinski definition) is 2. The molecule has 7 nitrogen and oxygen atoms in total. The van der Waals surface area contributed by atoms with Gasteiger partial charge >= 0.3 is 12.1 Å². The van der Waals surface area contributed by atoms with Crippen LogP contribution in [0.4, 0.5) is 4.79 Å². The molecule has 3 rings (SSSR count). The zero-order valence-corrected chi connectivity index (χ0v) is 16.4. The Kier molecular flexibility index (Phi) is 6.16. The summed E-state index contributed by atoms with van der Waals surface area (Å²) in [4.78, 5) is 36.1. The van der Waals surface area contributed by atoms with E-state index in [1.165, 1.54) is 14.0 Å². The molecule has 0 aromatic heterocycles. The standard InChI is InChI=1S/C22H24N2O5/c1-14(25)23-12-11-20(21(26)27)24(2)22(28)29-13-19-17-9-5-3-7-15(17)16-8-4-6-10-18(16)19/h3-10,19-20H,11-13H2,1-2H3,(H,23,25)(H,26,27)/t20-/m0/s1. The quantitative estimate of drug-likeness (QED) is 0.750. The zero-order valence-electron chi connectivity index (χ0n) is 16.4. The van der Waals surface area contributed by atoms with Crippen LogP contribution < -0.4 is 5.32 Å². The van der Waals surface area contributed by atoms with Gasteiger partial charge in [-0.05, 0) is 28.7 Å². The van der Waals surface area contributed by atoms with E-state index in [1.54, 1.807) is 0 Å². The van der Waals surface area contributed by atoms with E-state index in [-0.39, 0.29) is 31.4 Å². The van der Waals surface area contributed by atoms with Gasteiger partial charge in [0.1, 0.15) is 12.6 Å². The summed E-state index contributed by atoms with van der Waals surface area (Å²) in [5.74, 6) is -1.49. The van der Waals surface area contributed by atoms with Crippen LogP contribution in [0.5, 0.6) is 0 Å². The van der Waals surface area contributed by atoms with Gasteiger partial charge in [-0.2, -0.15) is 0 Å². The third kappa shape index (κ3) is 4.39. The number of rotatable bonds is 7. The maximum atomic E-state index is 12.5. The second-order valence-electron chi connectivity index (χ2n) is 7.04. The fraction of sp³-hybridized carbons (Fsp3) is 0.318. The highest BCUT2D eigenvalue weighted by molar-refractivity contribution is 5.81. The second-order valence-corrected chi connectivity index (χ2v) is 7.04. The Bertz CT molecular complexity index is 881. The monoisotopic (exact) mass is 396 g/mol. The average Bonchev–Trinajstić information content (AvgIpc) is 3.02. The molecule has 2 aromatic rings. The van der Waals surface area contributed by atoms with E-state index in [0.29, 0.717) is 0 Å². The lowest BCUT2D eigenvalue weighted by Gasteiger charge is -2.25. The predicted molar refractivity (Wildman–Crippen MR) is 108 cm³/mol. The van der Waals surface area contributed by atoms with Crippen molar-refractivity contribution in [3.8, 4) is 11.1 Å². The highest BCUT2D eigenvalue weighted by Gasteiger charge is 2.31. The van der Waals surface area contributed by atoms with Crippen molar-refractivity contribution in [1.82, 2.24) is 10.2 Å². The number of nitrogens with zero attached hydrogens (tertiary/aromatic N) is 1. The number of likely N-dealkylation sites (N-methyl/N-ethyl adjacent to an activating group) is 1. The first-order chi connectivity index (χ1) is 13.9. The van der Waals surface area contributed by atoms with Crippen molar-refractivity contribution >= 4 is 18.0 Å². The molecular weight excluding hydrogens is 372 g/mol. The summed E-state index contributed by atoms with van der Waals surface area (Å²) in [6.07, 6.45) is -0.614. The number of amides is 2. The number of nitrogens with one attached hydrogen (secondary N) is 1. The summed E-state index contributed by atoms with van der Waals surface area (Å²) in [5.41, 5.74) is 4.42. The Labute approximate surface area is 169 Å². The number of aliphatic carboxylic acids is 1. The second kappa shape index (κ2) is 8.77. The number of carbonyl (C=O) groups is 3. The molecule has 0 saturated carbocycles. The SMILES string of the molecule is CC(=O)NCC[C@@H](C(=O)O)N(C)C(=O)OCC1c2ccccc2-c2ccccc21. The highest BCUT2D eigenvalue weighted by Crippen LogP contribution is 2.44. The van der Waals surface area contributed by atoms with E-state index < -0.39 is 18.1 Å². The fourth-order valence-corrected chi connectivity index (χ4v) is 3.69. The van der Waals surface area contributed by atoms with E-state index in [1.807, 2.05) is 48.5 Å². The molecule has 29 heavy (non-hydrogen) atoms. The smallest absolute Gasteiger partial charge is 0.410 e. The van der Waals surface area contributed by atoms with Crippen LogP contribution in [0.25, 0.3) is 11.1 Å². The molecule has 0 heterocycles. The summed E-state index contributed by atoms with van der Waals surface area (Å²) in [5, 5.41) is 12.0. The molecule has 2 aromatic carbocycles. The van der Waals surface area contributed by atoms with Crippen LogP contribution in [-0.2, 0) is 14.3 Å². The lowest BCUT2D eigenvalue weighted by atomic mass is 9.98. The van der Waals surface area contributed by atoms with Crippen molar-refractivity contribution in [3.63, 3.8) is 0 Å². The number of hydrogen-bond acceptors (Lipinski definition) is 4. The van der Waals surface area contributed by atoms with Gasteiger partial charge in [-0.3, -0.25) is 9.69 Å². The lowest BCUT2D eigenvalue weighted by molar-refractivity contribution is -0.142. The van der Waals surface area contributed by atoms with Crippen molar-refractivity contribution < 1.29 is 24.2 Å². The number of carboxylic acid groups (broad SMARTS) is 1. The van der Waals surface area contributed by atoms with E-state index >= 15 is 0 Å². The normalized spacial score (nSPS) is 13.2. The molecule has 0 unspecified atom stereocenters. The van der Waals surface area contributed by atoms with Crippen molar-refractivity contribution in [2.75, 3.05) is 20.2 Å². The van der Waals surface area contributed by atoms with Gasteiger partial charge in [0.05, 0.1) is 0 Å². The third-order valence-corrected chi connectivity index (χ3v) is 5.17. The van der Waals surface area contributed by atoms with Crippen LogP contribution in [0.1, 0.15) is 30.4 Å². The van der Waals surface area contributed by atoms with Gasteiger partial charge in [-0.1, -0.05) is 48.5 Å². The molecule has 7 heteroatoms. The lowest BCUT2D eigenvalue weighted by Crippen LogP contribution is -2.44. The minimum Gasteiger partial charge on any atom is -0.480 e. The van der Waals surface area contributed by atoms with E-state index in [2.05, 4.69) is 5.32 Å². The maximum absolute atomic E-state index is 12.5. The van der Waals surface area contributed by atoms with Crippen LogP contribution in [-0.4, -0.2) is 54.2 Å². The first kappa shape index (κ1) is 20.4. The Morgan fingerprint density at radius 1 is 1.07 bits per heavy atom. The summed E-state index contributed by atoms with van der Waals surface area (Å²) in [6, 6.07) is 14.9. The van der Waals surface area contributed by atoms with Crippen molar-refractivity contribution in [1.29, 1.82) is 0 Å². The molecule has 0 bridgehead atoms. The number of carboxylic acids is 1. The van der Waals surface area contributed by atoms with Crippen LogP contribution in [0.15, 0.2) is 48.5 Å². The minimum absolute atomic E-state index is 0.0929. The molecule has 2 N–H and O–H groups in total. The Morgan fingerprint density at radius 3 is 2.14 bits per heavy atom. The summed E-state index contributed by atoms with van der Waals surface area (Å²) >= 11 is 0. The molecule has 0 saturated heterocycles. The number of ether oxygens (including phenoxy) is 1. The Balaban J connectivity index is 1.68. The summed E-state index contributed by atoms with van der Waals surface area (Å²) in [7, 11) is 1.39. The van der Waals surface area contributed by atoms with E-state index in [0.717, 1.165) is 27.2 Å². The molecule has 1 atom stereocenters. The summed E-state index contributed by atoms with van der Waals surface area (Å²) < 4.78 is 5.50. The molecule has 0 aliphatic heterocycles. The van der Waals surface area contributed by atoms with E-state index in [4.69, 9.17) is 4.74 Å². The predicted octanol–water partition coefficient (Wildman–Crippen LogP) is 2.85. The Morgan fingerprint density at radius 2 is 1.62 bits per heavy atom. The average molecular weight is 396 g/mol. The molecule has 0 spiro atoms. The van der Waals surface area contributed by atoms with Gasteiger partial charge in [-0.25, -0.2) is 9.59 Å². The maximum Gasteiger partial charge on any atom is 0.410 e. The third-order valence-electron chi connectivity index (χ3n) is 5.17. The van der Waals surface area contributed by atoms with Gasteiger partial charge in [0, 0.05) is 26.4 Å². The van der Waals surface area contributed by atoms with Gasteiger partial charge in [0.2, 0.25) is 5.91 Å². The van der Waals surface area contributed by atoms with Crippen LogP contribution in [0.3, 0.4) is 0 Å². The fourth-order valence-electron chi connectivity index (χ4n) is 3.69. The highest BCUT2D eigenvalue weighted by atomic mass is 16.6. The number of fused-ring (bicyclic) bond motifs is 3. The van der Waals surface area contributed by atoms with Crippen molar-refractivity contribution in [3.05, 3.63) is 59.7 Å². The van der Waals surface area contributed by atoms with Crippen LogP contribution >= 0.6 is 0 Å². The van der Waals surface area contributed by atoms with Crippen molar-refractivity contribution in [2.24, 2.45) is 0 Å². The zero-order chi connectivity index (χ0) is 21.0. The number of benzene rings is 2. The topological polar surface area (TPSA) is 95.9 Å². The first-order valence-corrected chi connectivity index (χ1v) is 9.45. The molecule has 1 aliphatic carbocycles. The molecule has 152 valence electrons. The van der Waals surface area contributed by atoms with Gasteiger partial charge < -0.3 is 15.2 Å². The summed E-state index contributed by atoms with van der Waals surface area (Å²) in [6.45, 7) is 1.63.